The van der Waals surface area contributed by atoms with E-state index in [2.05, 4.69) is 13.8 Å². The van der Waals surface area contributed by atoms with Gasteiger partial charge in [-0.3, -0.25) is 0 Å². The summed E-state index contributed by atoms with van der Waals surface area (Å²) in [5.74, 6) is 1.78. The summed E-state index contributed by atoms with van der Waals surface area (Å²) in [4.78, 5) is 0. The van der Waals surface area contributed by atoms with Gasteiger partial charge < -0.3 is 4.74 Å². The molecular weight excluding hydrogens is 124 g/mol. The first-order chi connectivity index (χ1) is 4.30. The summed E-state index contributed by atoms with van der Waals surface area (Å²) in [6, 6.07) is 0. The molecule has 0 unspecified atom stereocenters. The van der Waals surface area contributed by atoms with Gasteiger partial charge in [-0.25, -0.2) is 0 Å². The van der Waals surface area contributed by atoms with Gasteiger partial charge in [-0.1, -0.05) is 21.3 Å². The lowest BCUT2D eigenvalue weighted by molar-refractivity contribution is 0.0523. The highest BCUT2D eigenvalue weighted by Gasteiger charge is 2.16. The lowest BCUT2D eigenvalue weighted by Crippen LogP contribution is -2.19. The van der Waals surface area contributed by atoms with Crippen molar-refractivity contribution in [3.8, 4) is 0 Å². The Morgan fingerprint density at radius 1 is 1.20 bits per heavy atom. The van der Waals surface area contributed by atoms with Crippen molar-refractivity contribution >= 4 is 0 Å². The summed E-state index contributed by atoms with van der Waals surface area (Å²) in [6.07, 6.45) is 2.55. The Labute approximate surface area is 64.8 Å². The standard InChI is InChI=1S/C8H16O.CH4/c1-7(2)8-3-5-9-6-4-8;/h7-8H,3-6H2,1-2H3;1H4. The molecule has 10 heavy (non-hydrogen) atoms. The first kappa shape index (κ1) is 9.96. The van der Waals surface area contributed by atoms with Crippen LogP contribution in [-0.2, 0) is 4.74 Å². The quantitative estimate of drug-likeness (QED) is 0.550. The first-order valence-corrected chi connectivity index (χ1v) is 3.88. The Balaban J connectivity index is 0.000000810. The number of rotatable bonds is 1. The van der Waals surface area contributed by atoms with Crippen molar-refractivity contribution in [3.05, 3.63) is 0 Å². The van der Waals surface area contributed by atoms with Crippen molar-refractivity contribution in [1.29, 1.82) is 0 Å². The number of hydrogen-bond donors (Lipinski definition) is 0. The summed E-state index contributed by atoms with van der Waals surface area (Å²) >= 11 is 0. The molecule has 1 fully saturated rings. The summed E-state index contributed by atoms with van der Waals surface area (Å²) in [5, 5.41) is 0. The van der Waals surface area contributed by atoms with Crippen LogP contribution in [0.2, 0.25) is 0 Å². The van der Waals surface area contributed by atoms with Gasteiger partial charge in [0.25, 0.3) is 0 Å². The van der Waals surface area contributed by atoms with Crippen LogP contribution in [0.5, 0.6) is 0 Å². The highest BCUT2D eigenvalue weighted by molar-refractivity contribution is 4.65. The zero-order valence-corrected chi connectivity index (χ0v) is 6.39. The van der Waals surface area contributed by atoms with Crippen molar-refractivity contribution in [2.45, 2.75) is 34.1 Å². The molecule has 0 aliphatic carbocycles. The third-order valence-electron chi connectivity index (χ3n) is 2.21. The topological polar surface area (TPSA) is 9.23 Å². The molecule has 0 saturated carbocycles. The maximum absolute atomic E-state index is 5.25. The van der Waals surface area contributed by atoms with Crippen LogP contribution in [0.15, 0.2) is 0 Å². The molecule has 0 aromatic rings. The zero-order valence-electron chi connectivity index (χ0n) is 6.39. The van der Waals surface area contributed by atoms with Crippen LogP contribution in [0.25, 0.3) is 0 Å². The highest BCUT2D eigenvalue weighted by Crippen LogP contribution is 2.22. The molecule has 0 N–H and O–H groups in total. The molecule has 1 saturated heterocycles. The van der Waals surface area contributed by atoms with Crippen LogP contribution < -0.4 is 0 Å². The van der Waals surface area contributed by atoms with E-state index in [1.54, 1.807) is 0 Å². The second-order valence-electron chi connectivity index (χ2n) is 3.19. The largest absolute Gasteiger partial charge is 0.381 e. The van der Waals surface area contributed by atoms with E-state index in [9.17, 15) is 0 Å². The van der Waals surface area contributed by atoms with Crippen molar-refractivity contribution in [2.75, 3.05) is 13.2 Å². The summed E-state index contributed by atoms with van der Waals surface area (Å²) in [5.41, 5.74) is 0. The van der Waals surface area contributed by atoms with Crippen LogP contribution in [0.1, 0.15) is 34.1 Å². The van der Waals surface area contributed by atoms with Crippen molar-refractivity contribution in [1.82, 2.24) is 0 Å². The van der Waals surface area contributed by atoms with Gasteiger partial charge in [0.2, 0.25) is 0 Å². The van der Waals surface area contributed by atoms with E-state index in [4.69, 9.17) is 4.74 Å². The van der Waals surface area contributed by atoms with Crippen LogP contribution in [0, 0.1) is 11.8 Å². The maximum atomic E-state index is 5.25. The lowest BCUT2D eigenvalue weighted by Gasteiger charge is -2.24. The minimum absolute atomic E-state index is 0. The molecule has 1 rings (SSSR count). The Morgan fingerprint density at radius 3 is 2.00 bits per heavy atom. The molecule has 0 aromatic carbocycles. The van der Waals surface area contributed by atoms with Gasteiger partial charge in [0.15, 0.2) is 0 Å². The molecule has 0 atom stereocenters. The molecule has 0 amide bonds. The molecule has 1 heteroatoms. The minimum Gasteiger partial charge on any atom is -0.381 e. The molecule has 0 aromatic heterocycles. The molecule has 1 aliphatic heterocycles. The Morgan fingerprint density at radius 2 is 1.70 bits per heavy atom. The van der Waals surface area contributed by atoms with Gasteiger partial charge in [0, 0.05) is 13.2 Å². The first-order valence-electron chi connectivity index (χ1n) is 3.88. The molecule has 1 nitrogen and oxygen atoms in total. The van der Waals surface area contributed by atoms with E-state index >= 15 is 0 Å². The van der Waals surface area contributed by atoms with Crippen molar-refractivity contribution in [2.24, 2.45) is 11.8 Å². The fourth-order valence-corrected chi connectivity index (χ4v) is 1.38. The molecule has 1 heterocycles. The summed E-state index contributed by atoms with van der Waals surface area (Å²) < 4.78 is 5.25. The van der Waals surface area contributed by atoms with Gasteiger partial charge >= 0.3 is 0 Å². The fourth-order valence-electron chi connectivity index (χ4n) is 1.38. The van der Waals surface area contributed by atoms with Crippen LogP contribution in [0.4, 0.5) is 0 Å². The van der Waals surface area contributed by atoms with Crippen molar-refractivity contribution < 1.29 is 4.74 Å². The van der Waals surface area contributed by atoms with Gasteiger partial charge in [0.1, 0.15) is 0 Å². The SMILES string of the molecule is C.CC(C)C1CCOCC1. The van der Waals surface area contributed by atoms with Crippen LogP contribution in [0.3, 0.4) is 0 Å². The number of ether oxygens (including phenoxy) is 1. The third-order valence-corrected chi connectivity index (χ3v) is 2.21. The lowest BCUT2D eigenvalue weighted by atomic mass is 9.89. The molecule has 0 spiro atoms. The fraction of sp³-hybridized carbons (Fsp3) is 1.00. The third kappa shape index (κ3) is 2.70. The van der Waals surface area contributed by atoms with Crippen molar-refractivity contribution in [3.63, 3.8) is 0 Å². The van der Waals surface area contributed by atoms with Gasteiger partial charge in [-0.2, -0.15) is 0 Å². The predicted molar refractivity (Wildman–Crippen MR) is 45.1 cm³/mol. The van der Waals surface area contributed by atoms with E-state index in [0.717, 1.165) is 25.0 Å². The molecular formula is C9H20O. The minimum atomic E-state index is 0. The van der Waals surface area contributed by atoms with E-state index in [0.29, 0.717) is 0 Å². The smallest absolute Gasteiger partial charge is 0.0468 e. The van der Waals surface area contributed by atoms with Crippen LogP contribution in [-0.4, -0.2) is 13.2 Å². The van der Waals surface area contributed by atoms with Gasteiger partial charge in [0.05, 0.1) is 0 Å². The average Bonchev–Trinajstić information content (AvgIpc) is 1.90. The predicted octanol–water partition coefficient (Wildman–Crippen LogP) is 2.71. The van der Waals surface area contributed by atoms with E-state index in [-0.39, 0.29) is 7.43 Å². The second-order valence-corrected chi connectivity index (χ2v) is 3.19. The van der Waals surface area contributed by atoms with E-state index in [1.807, 2.05) is 0 Å². The van der Waals surface area contributed by atoms with Crippen LogP contribution >= 0.6 is 0 Å². The molecule has 1 aliphatic rings. The Hall–Kier alpha value is -0.0400. The Kier molecular flexibility index (Phi) is 4.71. The zero-order chi connectivity index (χ0) is 6.69. The van der Waals surface area contributed by atoms with E-state index in [1.165, 1.54) is 12.8 Å². The second kappa shape index (κ2) is 4.73. The molecule has 0 bridgehead atoms. The Bertz CT molecular complexity index is 72.8. The summed E-state index contributed by atoms with van der Waals surface area (Å²) in [6.45, 7) is 6.58. The van der Waals surface area contributed by atoms with E-state index < -0.39 is 0 Å². The van der Waals surface area contributed by atoms with Gasteiger partial charge in [-0.15, -0.1) is 0 Å². The maximum Gasteiger partial charge on any atom is 0.0468 e. The normalized spacial score (nSPS) is 20.7. The highest BCUT2D eigenvalue weighted by atomic mass is 16.5. The average molecular weight is 144 g/mol. The molecule has 0 radical (unpaired) electrons. The molecule has 62 valence electrons. The van der Waals surface area contributed by atoms with Gasteiger partial charge in [-0.05, 0) is 24.7 Å². The summed E-state index contributed by atoms with van der Waals surface area (Å²) in [7, 11) is 0. The monoisotopic (exact) mass is 144 g/mol. The number of hydrogen-bond acceptors (Lipinski definition) is 1.